The SMILES string of the molecule is CC(C)NCc1cccc(CN(C)CC2CCCN2C)n1. The van der Waals surface area contributed by atoms with Crippen molar-refractivity contribution in [2.45, 2.75) is 51.9 Å². The minimum atomic E-state index is 0.496. The first kappa shape index (κ1) is 16.4. The number of nitrogens with one attached hydrogen (secondary N) is 1. The lowest BCUT2D eigenvalue weighted by atomic mass is 10.2. The zero-order valence-electron chi connectivity index (χ0n) is 14.0. The second-order valence-corrected chi connectivity index (χ2v) is 6.63. The van der Waals surface area contributed by atoms with Crippen LogP contribution in [0.15, 0.2) is 18.2 Å². The van der Waals surface area contributed by atoms with Crippen LogP contribution in [0.4, 0.5) is 0 Å². The molecular weight excluding hydrogens is 260 g/mol. The van der Waals surface area contributed by atoms with Gasteiger partial charge in [-0.3, -0.25) is 9.88 Å². The third-order valence-electron chi connectivity index (χ3n) is 4.18. The fourth-order valence-corrected chi connectivity index (χ4v) is 2.94. The van der Waals surface area contributed by atoms with Gasteiger partial charge in [-0.1, -0.05) is 19.9 Å². The van der Waals surface area contributed by atoms with Crippen molar-refractivity contribution in [2.75, 3.05) is 27.2 Å². The van der Waals surface area contributed by atoms with Gasteiger partial charge in [0.05, 0.1) is 11.4 Å². The zero-order valence-corrected chi connectivity index (χ0v) is 14.0. The molecule has 4 heteroatoms. The summed E-state index contributed by atoms with van der Waals surface area (Å²) in [5.41, 5.74) is 2.30. The van der Waals surface area contributed by atoms with Crippen molar-refractivity contribution in [1.29, 1.82) is 0 Å². The van der Waals surface area contributed by atoms with E-state index >= 15 is 0 Å². The lowest BCUT2D eigenvalue weighted by Crippen LogP contribution is -2.36. The molecule has 21 heavy (non-hydrogen) atoms. The number of nitrogens with zero attached hydrogens (tertiary/aromatic N) is 3. The molecule has 1 aromatic heterocycles. The molecule has 1 unspecified atom stereocenters. The molecule has 1 aromatic rings. The normalized spacial score (nSPS) is 19.8. The number of pyridine rings is 1. The van der Waals surface area contributed by atoms with Crippen LogP contribution in [0.3, 0.4) is 0 Å². The number of rotatable bonds is 7. The molecule has 1 N–H and O–H groups in total. The number of hydrogen-bond acceptors (Lipinski definition) is 4. The van der Waals surface area contributed by atoms with Crippen LogP contribution in [-0.4, -0.2) is 54.1 Å². The molecule has 2 heterocycles. The van der Waals surface area contributed by atoms with Gasteiger partial charge in [0.2, 0.25) is 0 Å². The van der Waals surface area contributed by atoms with E-state index in [1.54, 1.807) is 0 Å². The first-order chi connectivity index (χ1) is 10.0. The molecule has 0 aromatic carbocycles. The highest BCUT2D eigenvalue weighted by atomic mass is 15.2. The fraction of sp³-hybridized carbons (Fsp3) is 0.706. The van der Waals surface area contributed by atoms with Crippen molar-refractivity contribution < 1.29 is 0 Å². The Hall–Kier alpha value is -0.970. The van der Waals surface area contributed by atoms with Gasteiger partial charge in [0.15, 0.2) is 0 Å². The molecule has 1 atom stereocenters. The van der Waals surface area contributed by atoms with E-state index in [0.717, 1.165) is 25.3 Å². The highest BCUT2D eigenvalue weighted by molar-refractivity contribution is 5.11. The Kier molecular flexibility index (Phi) is 6.15. The summed E-state index contributed by atoms with van der Waals surface area (Å²) < 4.78 is 0. The molecule has 1 fully saturated rings. The van der Waals surface area contributed by atoms with Crippen LogP contribution in [0, 0.1) is 0 Å². The van der Waals surface area contributed by atoms with E-state index in [-0.39, 0.29) is 0 Å². The average Bonchev–Trinajstić information content (AvgIpc) is 2.82. The number of hydrogen-bond donors (Lipinski definition) is 1. The number of likely N-dealkylation sites (N-methyl/N-ethyl adjacent to an activating group) is 2. The van der Waals surface area contributed by atoms with Gasteiger partial charge in [-0.15, -0.1) is 0 Å². The summed E-state index contributed by atoms with van der Waals surface area (Å²) in [7, 11) is 4.44. The minimum Gasteiger partial charge on any atom is -0.309 e. The van der Waals surface area contributed by atoms with Crippen molar-refractivity contribution in [2.24, 2.45) is 0 Å². The Labute approximate surface area is 129 Å². The first-order valence-corrected chi connectivity index (χ1v) is 8.11. The van der Waals surface area contributed by atoms with Crippen molar-refractivity contribution >= 4 is 0 Å². The summed E-state index contributed by atoms with van der Waals surface area (Å²) in [5, 5.41) is 3.42. The summed E-state index contributed by atoms with van der Waals surface area (Å²) in [6.07, 6.45) is 2.66. The van der Waals surface area contributed by atoms with Crippen molar-refractivity contribution in [3.63, 3.8) is 0 Å². The van der Waals surface area contributed by atoms with Gasteiger partial charge in [0.25, 0.3) is 0 Å². The molecular formula is C17H30N4. The van der Waals surface area contributed by atoms with E-state index in [2.05, 4.69) is 61.3 Å². The summed E-state index contributed by atoms with van der Waals surface area (Å²) in [6, 6.07) is 7.56. The molecule has 1 aliphatic rings. The second-order valence-electron chi connectivity index (χ2n) is 6.63. The molecule has 0 amide bonds. The second kappa shape index (κ2) is 7.87. The van der Waals surface area contributed by atoms with Gasteiger partial charge in [0, 0.05) is 31.7 Å². The summed E-state index contributed by atoms with van der Waals surface area (Å²) in [4.78, 5) is 9.64. The summed E-state index contributed by atoms with van der Waals surface area (Å²) >= 11 is 0. The van der Waals surface area contributed by atoms with Gasteiger partial charge in [-0.2, -0.15) is 0 Å². The monoisotopic (exact) mass is 290 g/mol. The van der Waals surface area contributed by atoms with Crippen molar-refractivity contribution in [3.8, 4) is 0 Å². The maximum Gasteiger partial charge on any atom is 0.0547 e. The standard InChI is InChI=1S/C17H30N4/c1-14(2)18-11-15-7-5-8-16(19-15)12-20(3)13-17-9-6-10-21(17)4/h5,7-8,14,17-18H,6,9-13H2,1-4H3. The van der Waals surface area contributed by atoms with Crippen LogP contribution >= 0.6 is 0 Å². The maximum atomic E-state index is 4.76. The largest absolute Gasteiger partial charge is 0.309 e. The molecule has 2 rings (SSSR count). The Morgan fingerprint density at radius 2 is 2.14 bits per heavy atom. The predicted octanol–water partition coefficient (Wildman–Crippen LogP) is 2.11. The van der Waals surface area contributed by atoms with Crippen LogP contribution < -0.4 is 5.32 Å². The smallest absolute Gasteiger partial charge is 0.0547 e. The maximum absolute atomic E-state index is 4.76. The van der Waals surface area contributed by atoms with E-state index in [9.17, 15) is 0 Å². The van der Waals surface area contributed by atoms with E-state index in [4.69, 9.17) is 4.98 Å². The van der Waals surface area contributed by atoms with E-state index < -0.39 is 0 Å². The van der Waals surface area contributed by atoms with Gasteiger partial charge in [-0.05, 0) is 45.6 Å². The fourth-order valence-electron chi connectivity index (χ4n) is 2.94. The third kappa shape index (κ3) is 5.38. The number of likely N-dealkylation sites (tertiary alicyclic amines) is 1. The Morgan fingerprint density at radius 3 is 2.81 bits per heavy atom. The quantitative estimate of drug-likeness (QED) is 0.833. The predicted molar refractivity (Wildman–Crippen MR) is 88.2 cm³/mol. The summed E-state index contributed by atoms with van der Waals surface area (Å²) in [5.74, 6) is 0. The van der Waals surface area contributed by atoms with E-state index in [1.807, 2.05) is 0 Å². The zero-order chi connectivity index (χ0) is 15.2. The van der Waals surface area contributed by atoms with E-state index in [1.165, 1.54) is 25.1 Å². The van der Waals surface area contributed by atoms with Gasteiger partial charge >= 0.3 is 0 Å². The molecule has 1 aliphatic heterocycles. The Morgan fingerprint density at radius 1 is 1.38 bits per heavy atom. The van der Waals surface area contributed by atoms with Gasteiger partial charge in [0.1, 0.15) is 0 Å². The third-order valence-corrected chi connectivity index (χ3v) is 4.18. The van der Waals surface area contributed by atoms with Gasteiger partial charge < -0.3 is 10.2 Å². The lowest BCUT2D eigenvalue weighted by Gasteiger charge is -2.25. The average molecular weight is 290 g/mol. The molecule has 1 saturated heterocycles. The van der Waals surface area contributed by atoms with Crippen LogP contribution in [0.5, 0.6) is 0 Å². The molecule has 0 spiro atoms. The van der Waals surface area contributed by atoms with Crippen LogP contribution in [0.1, 0.15) is 38.1 Å². The van der Waals surface area contributed by atoms with Crippen LogP contribution in [0.25, 0.3) is 0 Å². The van der Waals surface area contributed by atoms with Crippen LogP contribution in [-0.2, 0) is 13.1 Å². The first-order valence-electron chi connectivity index (χ1n) is 8.11. The molecule has 0 saturated carbocycles. The molecule has 0 radical (unpaired) electrons. The minimum absolute atomic E-state index is 0.496. The molecule has 4 nitrogen and oxygen atoms in total. The number of aromatic nitrogens is 1. The van der Waals surface area contributed by atoms with Crippen molar-refractivity contribution in [3.05, 3.63) is 29.6 Å². The lowest BCUT2D eigenvalue weighted by molar-refractivity contribution is 0.214. The molecule has 118 valence electrons. The highest BCUT2D eigenvalue weighted by Gasteiger charge is 2.22. The Bertz CT molecular complexity index is 433. The summed E-state index contributed by atoms with van der Waals surface area (Å²) in [6.45, 7) is 8.48. The van der Waals surface area contributed by atoms with Crippen molar-refractivity contribution in [1.82, 2.24) is 20.1 Å². The highest BCUT2D eigenvalue weighted by Crippen LogP contribution is 2.16. The van der Waals surface area contributed by atoms with E-state index in [0.29, 0.717) is 12.1 Å². The Balaban J connectivity index is 1.85. The molecule has 0 aliphatic carbocycles. The topological polar surface area (TPSA) is 31.4 Å². The van der Waals surface area contributed by atoms with Gasteiger partial charge in [-0.25, -0.2) is 0 Å². The molecule has 0 bridgehead atoms. The van der Waals surface area contributed by atoms with Crippen LogP contribution in [0.2, 0.25) is 0 Å².